The molecule has 2 atom stereocenters. The summed E-state index contributed by atoms with van der Waals surface area (Å²) in [4.78, 5) is 2.54. The van der Waals surface area contributed by atoms with Crippen LogP contribution in [0, 0.1) is 5.92 Å². The minimum atomic E-state index is 0.0732. The minimum Gasteiger partial charge on any atom is -0.392 e. The molecule has 2 nitrogen and oxygen atoms in total. The predicted octanol–water partition coefficient (Wildman–Crippen LogP) is 3.99. The van der Waals surface area contributed by atoms with Crippen molar-refractivity contribution >= 4 is 17.3 Å². The topological polar surface area (TPSA) is 23.5 Å². The lowest BCUT2D eigenvalue weighted by Gasteiger charge is -2.46. The fourth-order valence-electron chi connectivity index (χ4n) is 3.88. The van der Waals surface area contributed by atoms with E-state index in [4.69, 9.17) is 11.6 Å². The number of hydrogen-bond acceptors (Lipinski definition) is 2. The summed E-state index contributed by atoms with van der Waals surface area (Å²) < 4.78 is 0. The maximum absolute atomic E-state index is 9.58. The molecule has 2 aliphatic rings. The second kappa shape index (κ2) is 5.72. The van der Waals surface area contributed by atoms with Crippen LogP contribution in [0.5, 0.6) is 0 Å². The van der Waals surface area contributed by atoms with Crippen LogP contribution in [0.15, 0.2) is 18.2 Å². The number of aliphatic hydroxyl groups is 1. The largest absolute Gasteiger partial charge is 0.392 e. The molecule has 1 heterocycles. The standard InChI is InChI=1S/C16H22ClNO/c17-14-7-8-16(13(10-14)11-19)18-9-3-5-12-4-1-2-6-15(12)18/h7-8,10,12,15,19H,1-6,9,11H2. The summed E-state index contributed by atoms with van der Waals surface area (Å²) in [5, 5.41) is 10.3. The van der Waals surface area contributed by atoms with Crippen LogP contribution < -0.4 is 4.90 Å². The third kappa shape index (κ3) is 2.61. The van der Waals surface area contributed by atoms with E-state index in [1.807, 2.05) is 12.1 Å². The number of benzene rings is 1. The highest BCUT2D eigenvalue weighted by atomic mass is 35.5. The molecule has 1 aromatic rings. The Bertz CT molecular complexity index is 446. The number of hydrogen-bond donors (Lipinski definition) is 1. The average Bonchev–Trinajstić information content (AvgIpc) is 2.46. The van der Waals surface area contributed by atoms with E-state index in [0.29, 0.717) is 11.1 Å². The molecule has 2 fully saturated rings. The maximum Gasteiger partial charge on any atom is 0.0702 e. The molecule has 0 bridgehead atoms. The molecule has 19 heavy (non-hydrogen) atoms. The monoisotopic (exact) mass is 279 g/mol. The number of piperidine rings is 1. The number of fused-ring (bicyclic) bond motifs is 1. The summed E-state index contributed by atoms with van der Waals surface area (Å²) in [5.74, 6) is 0.852. The fourth-order valence-corrected chi connectivity index (χ4v) is 4.08. The van der Waals surface area contributed by atoms with Gasteiger partial charge in [-0.15, -0.1) is 0 Å². The van der Waals surface area contributed by atoms with Crippen molar-refractivity contribution in [2.45, 2.75) is 51.2 Å². The van der Waals surface area contributed by atoms with Crippen LogP contribution in [0.2, 0.25) is 5.02 Å². The summed E-state index contributed by atoms with van der Waals surface area (Å²) in [7, 11) is 0. The van der Waals surface area contributed by atoms with Crippen LogP contribution in [0.4, 0.5) is 5.69 Å². The van der Waals surface area contributed by atoms with Gasteiger partial charge >= 0.3 is 0 Å². The summed E-state index contributed by atoms with van der Waals surface area (Å²) in [6.45, 7) is 1.19. The maximum atomic E-state index is 9.58. The third-order valence-corrected chi connectivity index (χ3v) is 5.00. The van der Waals surface area contributed by atoms with Crippen molar-refractivity contribution in [2.24, 2.45) is 5.92 Å². The Hall–Kier alpha value is -0.730. The zero-order valence-electron chi connectivity index (χ0n) is 11.3. The first kappa shape index (κ1) is 13.3. The molecule has 1 saturated heterocycles. The molecule has 1 saturated carbocycles. The van der Waals surface area contributed by atoms with E-state index in [9.17, 15) is 5.11 Å². The van der Waals surface area contributed by atoms with Crippen LogP contribution in [0.1, 0.15) is 44.1 Å². The predicted molar refractivity (Wildman–Crippen MR) is 79.7 cm³/mol. The Balaban J connectivity index is 1.91. The van der Waals surface area contributed by atoms with Gasteiger partial charge < -0.3 is 10.0 Å². The molecular formula is C16H22ClNO. The van der Waals surface area contributed by atoms with Gasteiger partial charge in [-0.2, -0.15) is 0 Å². The minimum absolute atomic E-state index is 0.0732. The van der Waals surface area contributed by atoms with Gasteiger partial charge in [-0.25, -0.2) is 0 Å². The van der Waals surface area contributed by atoms with Crippen LogP contribution in [0.3, 0.4) is 0 Å². The Labute approximate surface area is 120 Å². The molecule has 1 N–H and O–H groups in total. The first-order valence-electron chi connectivity index (χ1n) is 7.45. The van der Waals surface area contributed by atoms with Crippen molar-refractivity contribution in [3.05, 3.63) is 28.8 Å². The van der Waals surface area contributed by atoms with Crippen molar-refractivity contribution < 1.29 is 5.11 Å². The molecule has 2 unspecified atom stereocenters. The first-order chi connectivity index (χ1) is 9.29. The summed E-state index contributed by atoms with van der Waals surface area (Å²) in [6.07, 6.45) is 8.07. The van der Waals surface area contributed by atoms with E-state index in [0.717, 1.165) is 18.0 Å². The summed E-state index contributed by atoms with van der Waals surface area (Å²) in [5.41, 5.74) is 2.17. The summed E-state index contributed by atoms with van der Waals surface area (Å²) >= 11 is 6.04. The number of aliphatic hydroxyl groups excluding tert-OH is 1. The highest BCUT2D eigenvalue weighted by Gasteiger charge is 2.33. The molecule has 104 valence electrons. The van der Waals surface area contributed by atoms with Crippen molar-refractivity contribution in [2.75, 3.05) is 11.4 Å². The van der Waals surface area contributed by atoms with Crippen molar-refractivity contribution in [1.82, 2.24) is 0 Å². The molecule has 1 aliphatic carbocycles. The van der Waals surface area contributed by atoms with Crippen LogP contribution in [0.25, 0.3) is 0 Å². The van der Waals surface area contributed by atoms with Gasteiger partial charge in [0.1, 0.15) is 0 Å². The van der Waals surface area contributed by atoms with E-state index >= 15 is 0 Å². The second-order valence-corrected chi connectivity index (χ2v) is 6.32. The molecular weight excluding hydrogens is 258 g/mol. The van der Waals surface area contributed by atoms with Gasteiger partial charge in [-0.05, 0) is 49.8 Å². The average molecular weight is 280 g/mol. The molecule has 0 spiro atoms. The van der Waals surface area contributed by atoms with Crippen molar-refractivity contribution in [3.63, 3.8) is 0 Å². The normalized spacial score (nSPS) is 27.2. The lowest BCUT2D eigenvalue weighted by atomic mass is 9.78. The van der Waals surface area contributed by atoms with Crippen LogP contribution in [-0.2, 0) is 6.61 Å². The van der Waals surface area contributed by atoms with Gasteiger partial charge in [0, 0.05) is 28.9 Å². The molecule has 0 amide bonds. The van der Waals surface area contributed by atoms with Gasteiger partial charge in [0.25, 0.3) is 0 Å². The lowest BCUT2D eigenvalue weighted by Crippen LogP contribution is -2.47. The van der Waals surface area contributed by atoms with E-state index in [1.165, 1.54) is 44.2 Å². The Morgan fingerprint density at radius 2 is 1.95 bits per heavy atom. The third-order valence-electron chi connectivity index (χ3n) is 4.76. The number of nitrogens with zero attached hydrogens (tertiary/aromatic N) is 1. The van der Waals surface area contributed by atoms with Crippen molar-refractivity contribution in [1.29, 1.82) is 0 Å². The highest BCUT2D eigenvalue weighted by molar-refractivity contribution is 6.30. The SMILES string of the molecule is OCc1cc(Cl)ccc1N1CCCC2CCCCC21. The molecule has 1 aliphatic heterocycles. The molecule has 3 heteroatoms. The van der Waals surface area contributed by atoms with Crippen LogP contribution >= 0.6 is 11.6 Å². The second-order valence-electron chi connectivity index (χ2n) is 5.88. The van der Waals surface area contributed by atoms with Crippen LogP contribution in [-0.4, -0.2) is 17.7 Å². The fraction of sp³-hybridized carbons (Fsp3) is 0.625. The molecule has 0 radical (unpaired) electrons. The van der Waals surface area contributed by atoms with Gasteiger partial charge in [-0.1, -0.05) is 24.4 Å². The Kier molecular flexibility index (Phi) is 3.99. The Morgan fingerprint density at radius 3 is 2.79 bits per heavy atom. The van der Waals surface area contributed by atoms with Gasteiger partial charge in [0.05, 0.1) is 6.61 Å². The highest BCUT2D eigenvalue weighted by Crippen LogP contribution is 2.39. The van der Waals surface area contributed by atoms with E-state index in [2.05, 4.69) is 11.0 Å². The van der Waals surface area contributed by atoms with Gasteiger partial charge in [0.2, 0.25) is 0 Å². The quantitative estimate of drug-likeness (QED) is 0.885. The molecule has 0 aromatic heterocycles. The molecule has 3 rings (SSSR count). The molecule has 1 aromatic carbocycles. The van der Waals surface area contributed by atoms with E-state index < -0.39 is 0 Å². The number of rotatable bonds is 2. The van der Waals surface area contributed by atoms with E-state index in [1.54, 1.807) is 0 Å². The van der Waals surface area contributed by atoms with Gasteiger partial charge in [-0.3, -0.25) is 0 Å². The van der Waals surface area contributed by atoms with Gasteiger partial charge in [0.15, 0.2) is 0 Å². The van der Waals surface area contributed by atoms with E-state index in [-0.39, 0.29) is 6.61 Å². The summed E-state index contributed by atoms with van der Waals surface area (Å²) in [6, 6.07) is 6.62. The lowest BCUT2D eigenvalue weighted by molar-refractivity contribution is 0.241. The van der Waals surface area contributed by atoms with Crippen molar-refractivity contribution in [3.8, 4) is 0 Å². The smallest absolute Gasteiger partial charge is 0.0702 e. The number of anilines is 1. The Morgan fingerprint density at radius 1 is 1.16 bits per heavy atom. The first-order valence-corrected chi connectivity index (χ1v) is 7.83. The number of halogens is 1. The zero-order chi connectivity index (χ0) is 13.2. The zero-order valence-corrected chi connectivity index (χ0v) is 12.1.